The molecule has 0 saturated carbocycles. The summed E-state index contributed by atoms with van der Waals surface area (Å²) >= 11 is 1.97. The van der Waals surface area contributed by atoms with Gasteiger partial charge in [0.2, 0.25) is 5.91 Å². The predicted octanol–water partition coefficient (Wildman–Crippen LogP) is 0.398. The Hall–Kier alpha value is -0.960. The number of rotatable bonds is 6. The second-order valence-electron chi connectivity index (χ2n) is 3.62. The lowest BCUT2D eigenvalue weighted by Gasteiger charge is -2.04. The average molecular weight is 350 g/mol. The van der Waals surface area contributed by atoms with Crippen LogP contribution >= 0.6 is 22.6 Å². The highest BCUT2D eigenvalue weighted by atomic mass is 127. The van der Waals surface area contributed by atoms with Crippen LogP contribution in [0.2, 0.25) is 0 Å². The zero-order valence-electron chi connectivity index (χ0n) is 9.36. The number of nitrogens with one attached hydrogen (secondary N) is 1. The zero-order valence-corrected chi connectivity index (χ0v) is 11.5. The summed E-state index contributed by atoms with van der Waals surface area (Å²) in [4.78, 5) is 26.4. The molecule has 1 aromatic heterocycles. The minimum atomic E-state index is -0.155. The fourth-order valence-electron chi connectivity index (χ4n) is 1.40. The molecule has 0 radical (unpaired) electrons. The van der Waals surface area contributed by atoms with Crippen molar-refractivity contribution < 1.29 is 4.79 Å². The Labute approximate surface area is 113 Å². The number of carbonyl (C=O) groups excluding carboxylic acids is 1. The maximum atomic E-state index is 11.6. The molecule has 0 aliphatic rings. The van der Waals surface area contributed by atoms with Gasteiger partial charge < -0.3 is 0 Å². The van der Waals surface area contributed by atoms with E-state index in [4.69, 9.17) is 5.84 Å². The summed E-state index contributed by atoms with van der Waals surface area (Å²) in [5.74, 6) is 4.81. The number of hydrazine groups is 1. The fourth-order valence-corrected chi connectivity index (χ4v) is 1.87. The number of hydrogen-bond donors (Lipinski definition) is 2. The molecule has 1 amide bonds. The molecule has 94 valence electrons. The van der Waals surface area contributed by atoms with Crippen LogP contribution in [0.4, 0.5) is 0 Å². The Bertz CT molecular complexity index is 433. The third-order valence-corrected chi connectivity index (χ3v) is 3.06. The van der Waals surface area contributed by atoms with Crippen molar-refractivity contribution in [1.29, 1.82) is 0 Å². The molecule has 0 bridgehead atoms. The van der Waals surface area contributed by atoms with Crippen molar-refractivity contribution in [1.82, 2.24) is 15.0 Å². The molecule has 0 saturated heterocycles. The fraction of sp³-hybridized carbons (Fsp3) is 0.500. The quantitative estimate of drug-likeness (QED) is 0.256. The number of hydrogen-bond acceptors (Lipinski definition) is 4. The molecular weight excluding hydrogens is 335 g/mol. The Morgan fingerprint density at radius 2 is 2.24 bits per heavy atom. The molecule has 0 aliphatic heterocycles. The third-order valence-electron chi connectivity index (χ3n) is 2.32. The van der Waals surface area contributed by atoms with Gasteiger partial charge in [-0.05, 0) is 35.4 Å². The van der Waals surface area contributed by atoms with E-state index in [1.165, 1.54) is 6.33 Å². The van der Waals surface area contributed by atoms with Crippen LogP contribution in [0.5, 0.6) is 0 Å². The minimum absolute atomic E-state index is 0.0136. The van der Waals surface area contributed by atoms with E-state index in [2.05, 4.69) is 10.4 Å². The van der Waals surface area contributed by atoms with Gasteiger partial charge in [-0.1, -0.05) is 6.42 Å². The molecule has 0 aliphatic carbocycles. The lowest BCUT2D eigenvalue weighted by atomic mass is 10.2. The van der Waals surface area contributed by atoms with Gasteiger partial charge in [0.15, 0.2) is 0 Å². The Balaban J connectivity index is 2.29. The Morgan fingerprint density at radius 3 is 2.94 bits per heavy atom. The Morgan fingerprint density at radius 1 is 1.47 bits per heavy atom. The predicted molar refractivity (Wildman–Crippen MR) is 72.0 cm³/mol. The molecule has 0 aromatic carbocycles. The summed E-state index contributed by atoms with van der Waals surface area (Å²) in [6.45, 7) is 0.632. The van der Waals surface area contributed by atoms with Crippen molar-refractivity contribution in [2.45, 2.75) is 32.2 Å². The number of unbranched alkanes of at least 4 members (excludes halogenated alkanes) is 2. The molecular formula is C10H15IN4O2. The van der Waals surface area contributed by atoms with E-state index in [1.807, 2.05) is 22.6 Å². The maximum absolute atomic E-state index is 11.6. The van der Waals surface area contributed by atoms with E-state index in [0.717, 1.165) is 19.3 Å². The largest absolute Gasteiger partial charge is 0.298 e. The smallest absolute Gasteiger partial charge is 0.266 e. The molecule has 1 rings (SSSR count). The monoisotopic (exact) mass is 350 g/mol. The van der Waals surface area contributed by atoms with Gasteiger partial charge in [0.05, 0.1) is 9.90 Å². The van der Waals surface area contributed by atoms with Gasteiger partial charge in [-0.3, -0.25) is 19.6 Å². The minimum Gasteiger partial charge on any atom is -0.298 e. The summed E-state index contributed by atoms with van der Waals surface area (Å²) in [6, 6.07) is 0. The normalized spacial score (nSPS) is 10.2. The van der Waals surface area contributed by atoms with Gasteiger partial charge in [0.1, 0.15) is 0 Å². The summed E-state index contributed by atoms with van der Waals surface area (Å²) in [7, 11) is 0. The van der Waals surface area contributed by atoms with Gasteiger partial charge in [-0.15, -0.1) is 0 Å². The van der Waals surface area contributed by atoms with Crippen LogP contribution < -0.4 is 16.8 Å². The summed E-state index contributed by atoms with van der Waals surface area (Å²) in [5, 5.41) is 0. The highest BCUT2D eigenvalue weighted by Gasteiger charge is 2.01. The van der Waals surface area contributed by atoms with E-state index in [1.54, 1.807) is 10.8 Å². The van der Waals surface area contributed by atoms with E-state index >= 15 is 0 Å². The summed E-state index contributed by atoms with van der Waals surface area (Å²) in [5.41, 5.74) is 2.07. The number of nitrogens with zero attached hydrogens (tertiary/aromatic N) is 2. The molecule has 7 heteroatoms. The van der Waals surface area contributed by atoms with E-state index < -0.39 is 0 Å². The first kappa shape index (κ1) is 14.1. The molecule has 17 heavy (non-hydrogen) atoms. The average Bonchev–Trinajstić information content (AvgIpc) is 2.33. The van der Waals surface area contributed by atoms with Crippen LogP contribution in [0.1, 0.15) is 25.7 Å². The Kier molecular flexibility index (Phi) is 6.12. The van der Waals surface area contributed by atoms with Crippen molar-refractivity contribution in [2.75, 3.05) is 0 Å². The number of aryl methyl sites for hydroxylation is 1. The summed E-state index contributed by atoms with van der Waals surface area (Å²) < 4.78 is 2.21. The first-order valence-corrected chi connectivity index (χ1v) is 6.42. The molecule has 6 nitrogen and oxygen atoms in total. The highest BCUT2D eigenvalue weighted by Crippen LogP contribution is 2.01. The molecule has 0 spiro atoms. The van der Waals surface area contributed by atoms with E-state index in [9.17, 15) is 9.59 Å². The van der Waals surface area contributed by atoms with Crippen LogP contribution in [0.3, 0.4) is 0 Å². The molecule has 0 unspecified atom stereocenters. The lowest BCUT2D eigenvalue weighted by molar-refractivity contribution is -0.121. The molecule has 0 atom stereocenters. The van der Waals surface area contributed by atoms with Crippen molar-refractivity contribution >= 4 is 28.5 Å². The van der Waals surface area contributed by atoms with Crippen molar-refractivity contribution in [3.8, 4) is 0 Å². The zero-order chi connectivity index (χ0) is 12.7. The second kappa shape index (κ2) is 7.38. The number of halogens is 1. The first-order chi connectivity index (χ1) is 8.15. The van der Waals surface area contributed by atoms with Gasteiger partial charge >= 0.3 is 0 Å². The third kappa shape index (κ3) is 4.82. The van der Waals surface area contributed by atoms with Crippen LogP contribution in [0, 0.1) is 3.57 Å². The topological polar surface area (TPSA) is 90.0 Å². The van der Waals surface area contributed by atoms with Crippen LogP contribution in [0.25, 0.3) is 0 Å². The standard InChI is InChI=1S/C10H15IN4O2/c11-8-6-13-7-15(10(8)17)5-3-1-2-4-9(16)14-12/h6-7H,1-5,12H2,(H,14,16). The highest BCUT2D eigenvalue weighted by molar-refractivity contribution is 14.1. The first-order valence-electron chi connectivity index (χ1n) is 5.34. The SMILES string of the molecule is NNC(=O)CCCCCn1cncc(I)c1=O. The lowest BCUT2D eigenvalue weighted by Crippen LogP contribution is -2.29. The van der Waals surface area contributed by atoms with Crippen LogP contribution in [-0.2, 0) is 11.3 Å². The molecule has 0 fully saturated rings. The van der Waals surface area contributed by atoms with Crippen LogP contribution in [-0.4, -0.2) is 15.5 Å². The van der Waals surface area contributed by atoms with E-state index in [0.29, 0.717) is 16.5 Å². The molecule has 1 aromatic rings. The van der Waals surface area contributed by atoms with Gasteiger partial charge in [-0.25, -0.2) is 10.8 Å². The maximum Gasteiger partial charge on any atom is 0.266 e. The van der Waals surface area contributed by atoms with Crippen molar-refractivity contribution in [3.05, 3.63) is 26.4 Å². The summed E-state index contributed by atoms with van der Waals surface area (Å²) in [6.07, 6.45) is 6.01. The number of carbonyl (C=O) groups is 1. The second-order valence-corrected chi connectivity index (χ2v) is 4.78. The van der Waals surface area contributed by atoms with Gasteiger partial charge in [0, 0.05) is 19.2 Å². The van der Waals surface area contributed by atoms with Crippen molar-refractivity contribution in [2.24, 2.45) is 5.84 Å². The number of nitrogens with two attached hydrogens (primary N) is 1. The molecule has 3 N–H and O–H groups in total. The number of amides is 1. The molecule has 1 heterocycles. The van der Waals surface area contributed by atoms with Gasteiger partial charge in [0.25, 0.3) is 5.56 Å². The van der Waals surface area contributed by atoms with Crippen LogP contribution in [0.15, 0.2) is 17.3 Å². The van der Waals surface area contributed by atoms with Crippen molar-refractivity contribution in [3.63, 3.8) is 0 Å². The van der Waals surface area contributed by atoms with E-state index in [-0.39, 0.29) is 11.5 Å². The van der Waals surface area contributed by atoms with Gasteiger partial charge in [-0.2, -0.15) is 0 Å². The number of aromatic nitrogens is 2.